The molecule has 0 aliphatic heterocycles. The molecule has 6 nitrogen and oxygen atoms in total. The molecule has 2 amide bonds. The summed E-state index contributed by atoms with van der Waals surface area (Å²) >= 11 is 1.39. The molecule has 3 aromatic rings. The van der Waals surface area contributed by atoms with E-state index in [0.717, 1.165) is 21.7 Å². The topological polar surface area (TPSA) is 86.9 Å². The zero-order valence-corrected chi connectivity index (χ0v) is 18.5. The van der Waals surface area contributed by atoms with E-state index in [-0.39, 0.29) is 17.6 Å². The number of nitrogens with one attached hydrogen (secondary N) is 2. The number of nitriles is 1. The van der Waals surface area contributed by atoms with Crippen LogP contribution in [0.3, 0.4) is 0 Å². The third-order valence-corrected chi connectivity index (χ3v) is 5.94. The summed E-state index contributed by atoms with van der Waals surface area (Å²) in [7, 11) is 0. The van der Waals surface area contributed by atoms with E-state index in [1.165, 1.54) is 18.7 Å². The fourth-order valence-electron chi connectivity index (χ4n) is 3.25. The number of benzene rings is 2. The second kappa shape index (κ2) is 10.0. The fraction of sp³-hybridized carbons (Fsp3) is 0.208. The molecule has 0 aliphatic rings. The minimum atomic E-state index is -0.181. The Balaban J connectivity index is 1.72. The number of carbonyl (C=O) groups excluding carboxylic acids is 2. The van der Waals surface area contributed by atoms with Crippen molar-refractivity contribution < 1.29 is 9.59 Å². The van der Waals surface area contributed by atoms with Crippen LogP contribution in [0.5, 0.6) is 0 Å². The molecule has 0 radical (unpaired) electrons. The second-order valence-corrected chi connectivity index (χ2v) is 8.21. The highest BCUT2D eigenvalue weighted by Crippen LogP contribution is 2.28. The van der Waals surface area contributed by atoms with Gasteiger partial charge in [0, 0.05) is 29.7 Å². The lowest BCUT2D eigenvalue weighted by Crippen LogP contribution is -2.18. The zero-order valence-electron chi connectivity index (χ0n) is 17.7. The Kier molecular flexibility index (Phi) is 7.16. The van der Waals surface area contributed by atoms with Gasteiger partial charge in [-0.1, -0.05) is 30.3 Å². The van der Waals surface area contributed by atoms with Crippen LogP contribution >= 0.6 is 11.8 Å². The van der Waals surface area contributed by atoms with Gasteiger partial charge in [0.05, 0.1) is 11.3 Å². The predicted molar refractivity (Wildman–Crippen MR) is 124 cm³/mol. The van der Waals surface area contributed by atoms with Gasteiger partial charge >= 0.3 is 0 Å². The number of nitrogens with zero attached hydrogens (tertiary/aromatic N) is 2. The smallest absolute Gasteiger partial charge is 0.235 e. The molecule has 2 N–H and O–H groups in total. The number of hydrogen-bond acceptors (Lipinski definition) is 4. The van der Waals surface area contributed by atoms with E-state index in [4.69, 9.17) is 0 Å². The number of rotatable bonds is 7. The van der Waals surface area contributed by atoms with Crippen molar-refractivity contribution in [1.82, 2.24) is 4.57 Å². The molecule has 0 fully saturated rings. The predicted octanol–water partition coefficient (Wildman–Crippen LogP) is 4.71. The maximum absolute atomic E-state index is 12.7. The number of amides is 2. The summed E-state index contributed by atoms with van der Waals surface area (Å²) in [6.45, 7) is 5.89. The number of anilines is 2. The van der Waals surface area contributed by atoms with Crippen LogP contribution in [0.25, 0.3) is 0 Å². The Hall–Kier alpha value is -3.50. The second-order valence-electron chi connectivity index (χ2n) is 7.16. The van der Waals surface area contributed by atoms with Gasteiger partial charge in [-0.05, 0) is 49.2 Å². The van der Waals surface area contributed by atoms with E-state index < -0.39 is 0 Å². The largest absolute Gasteiger partial charge is 0.326 e. The Labute approximate surface area is 186 Å². The lowest BCUT2D eigenvalue weighted by Gasteiger charge is -2.13. The average molecular weight is 433 g/mol. The number of hydrogen-bond donors (Lipinski definition) is 2. The van der Waals surface area contributed by atoms with Crippen molar-refractivity contribution in [2.75, 3.05) is 16.4 Å². The van der Waals surface area contributed by atoms with Crippen molar-refractivity contribution in [2.24, 2.45) is 0 Å². The van der Waals surface area contributed by atoms with Crippen molar-refractivity contribution in [3.05, 3.63) is 77.0 Å². The Bertz CT molecular complexity index is 1130. The third kappa shape index (κ3) is 5.56. The average Bonchev–Trinajstić information content (AvgIpc) is 2.97. The number of aromatic nitrogens is 1. The van der Waals surface area contributed by atoms with Gasteiger partial charge in [0.15, 0.2) is 0 Å². The zero-order chi connectivity index (χ0) is 22.4. The fourth-order valence-corrected chi connectivity index (χ4v) is 3.95. The summed E-state index contributed by atoms with van der Waals surface area (Å²) < 4.78 is 1.98. The van der Waals surface area contributed by atoms with Gasteiger partial charge in [-0.2, -0.15) is 5.26 Å². The Morgan fingerprint density at radius 1 is 1.03 bits per heavy atom. The quantitative estimate of drug-likeness (QED) is 0.529. The highest BCUT2D eigenvalue weighted by molar-refractivity contribution is 8.00. The normalized spacial score (nSPS) is 10.4. The molecule has 0 unspecified atom stereocenters. The molecule has 0 aliphatic carbocycles. The van der Waals surface area contributed by atoms with Crippen molar-refractivity contribution in [1.29, 1.82) is 5.26 Å². The molecule has 0 spiro atoms. The number of carbonyl (C=O) groups is 2. The van der Waals surface area contributed by atoms with Gasteiger partial charge in [-0.25, -0.2) is 0 Å². The lowest BCUT2D eigenvalue weighted by atomic mass is 10.2. The van der Waals surface area contributed by atoms with Crippen molar-refractivity contribution in [3.63, 3.8) is 0 Å². The van der Waals surface area contributed by atoms with Gasteiger partial charge < -0.3 is 15.2 Å². The molecule has 7 heteroatoms. The van der Waals surface area contributed by atoms with E-state index in [2.05, 4.69) is 16.7 Å². The number of thioether (sulfide) groups is 1. The van der Waals surface area contributed by atoms with Crippen molar-refractivity contribution in [2.45, 2.75) is 32.2 Å². The molecule has 0 saturated heterocycles. The first-order chi connectivity index (χ1) is 14.9. The molecule has 1 heterocycles. The van der Waals surface area contributed by atoms with Crippen LogP contribution in [0, 0.1) is 25.2 Å². The van der Waals surface area contributed by atoms with Crippen molar-refractivity contribution in [3.8, 4) is 6.07 Å². The first-order valence-electron chi connectivity index (χ1n) is 9.83. The molecule has 31 heavy (non-hydrogen) atoms. The van der Waals surface area contributed by atoms with Crippen LogP contribution in [0.15, 0.2) is 59.5 Å². The molecule has 0 saturated carbocycles. The monoisotopic (exact) mass is 432 g/mol. The Morgan fingerprint density at radius 2 is 1.71 bits per heavy atom. The standard InChI is InChI=1S/C24H24N4O2S/c1-16-17(2)28(14-19-7-5-4-6-8-19)24(22(16)13-25)27-23(30)15-31-21-11-9-20(10-12-21)26-18(3)29/h4-12H,14-15H2,1-3H3,(H,26,29)(H,27,30). The molecular weight excluding hydrogens is 408 g/mol. The summed E-state index contributed by atoms with van der Waals surface area (Å²) in [5.41, 5.74) is 4.12. The molecule has 0 atom stereocenters. The highest BCUT2D eigenvalue weighted by atomic mass is 32.2. The highest BCUT2D eigenvalue weighted by Gasteiger charge is 2.19. The van der Waals surface area contributed by atoms with E-state index in [1.807, 2.05) is 60.9 Å². The summed E-state index contributed by atoms with van der Waals surface area (Å²) in [5.74, 6) is 0.434. The molecule has 0 bridgehead atoms. The molecular formula is C24H24N4O2S. The van der Waals surface area contributed by atoms with Gasteiger partial charge in [0.2, 0.25) is 11.8 Å². The minimum Gasteiger partial charge on any atom is -0.326 e. The molecule has 2 aromatic carbocycles. The van der Waals surface area contributed by atoms with E-state index in [9.17, 15) is 14.9 Å². The SMILES string of the molecule is CC(=O)Nc1ccc(SCC(=O)Nc2c(C#N)c(C)c(C)n2Cc2ccccc2)cc1. The third-order valence-electron chi connectivity index (χ3n) is 4.93. The molecule has 3 rings (SSSR count). The summed E-state index contributed by atoms with van der Waals surface area (Å²) in [6.07, 6.45) is 0. The summed E-state index contributed by atoms with van der Waals surface area (Å²) in [5, 5.41) is 15.3. The van der Waals surface area contributed by atoms with Crippen LogP contribution in [0.2, 0.25) is 0 Å². The molecule has 1 aromatic heterocycles. The minimum absolute atomic E-state index is 0.128. The Morgan fingerprint density at radius 3 is 2.32 bits per heavy atom. The maximum atomic E-state index is 12.7. The summed E-state index contributed by atoms with van der Waals surface area (Å²) in [6, 6.07) is 19.5. The van der Waals surface area contributed by atoms with Gasteiger partial charge in [-0.15, -0.1) is 11.8 Å². The lowest BCUT2D eigenvalue weighted by molar-refractivity contribution is -0.114. The van der Waals surface area contributed by atoms with E-state index in [1.54, 1.807) is 12.1 Å². The summed E-state index contributed by atoms with van der Waals surface area (Å²) in [4.78, 5) is 24.7. The van der Waals surface area contributed by atoms with Crippen LogP contribution < -0.4 is 10.6 Å². The van der Waals surface area contributed by atoms with Gasteiger partial charge in [0.25, 0.3) is 0 Å². The van der Waals surface area contributed by atoms with E-state index >= 15 is 0 Å². The molecule has 158 valence electrons. The first-order valence-corrected chi connectivity index (χ1v) is 10.8. The van der Waals surface area contributed by atoms with Crippen LogP contribution in [-0.4, -0.2) is 22.1 Å². The van der Waals surface area contributed by atoms with Crippen LogP contribution in [0.4, 0.5) is 11.5 Å². The van der Waals surface area contributed by atoms with Gasteiger partial charge in [-0.3, -0.25) is 9.59 Å². The van der Waals surface area contributed by atoms with Crippen molar-refractivity contribution >= 4 is 35.1 Å². The first kappa shape index (κ1) is 22.2. The van der Waals surface area contributed by atoms with E-state index in [0.29, 0.717) is 23.6 Å². The van der Waals surface area contributed by atoms with Crippen LogP contribution in [-0.2, 0) is 16.1 Å². The maximum Gasteiger partial charge on any atom is 0.235 e. The van der Waals surface area contributed by atoms with Crippen LogP contribution in [0.1, 0.15) is 29.3 Å². The van der Waals surface area contributed by atoms with Gasteiger partial charge in [0.1, 0.15) is 11.9 Å².